The Labute approximate surface area is 329 Å². The number of allylic oxidation sites excluding steroid dienone is 3. The molecule has 2 N–H and O–H groups in total. The Morgan fingerprint density at radius 2 is 1.14 bits per heavy atom. The van der Waals surface area contributed by atoms with Gasteiger partial charge in [0.05, 0.1) is 26.3 Å². The minimum Gasteiger partial charge on any atom is -0.453 e. The van der Waals surface area contributed by atoms with Gasteiger partial charge in [-0.05, 0) is 71.4 Å². The van der Waals surface area contributed by atoms with E-state index < -0.39 is 24.3 Å². The molecule has 0 aromatic heterocycles. The second kappa shape index (κ2) is 17.5. The molecule has 2 unspecified atom stereocenters. The number of carbonyl (C=O) groups excluding carboxylic acids is 4. The summed E-state index contributed by atoms with van der Waals surface area (Å²) in [7, 11) is 2.60. The number of methoxy groups -OCH3 is 2. The number of likely N-dealkylation sites (tertiary alicyclic amines) is 2. The van der Waals surface area contributed by atoms with Crippen molar-refractivity contribution in [2.24, 2.45) is 21.8 Å². The Kier molecular flexibility index (Phi) is 12.6. The van der Waals surface area contributed by atoms with Gasteiger partial charge >= 0.3 is 12.2 Å². The van der Waals surface area contributed by atoms with Crippen LogP contribution in [0.2, 0.25) is 0 Å². The molecule has 4 aliphatic rings. The number of rotatable bonds is 11. The second-order valence-electron chi connectivity index (χ2n) is 15.6. The lowest BCUT2D eigenvalue weighted by Crippen LogP contribution is -2.53. The fraction of sp³-hybridized carbons (Fsp3) is 0.455. The van der Waals surface area contributed by atoms with Gasteiger partial charge < -0.3 is 29.9 Å². The van der Waals surface area contributed by atoms with Gasteiger partial charge in [0.1, 0.15) is 12.1 Å². The van der Waals surface area contributed by atoms with E-state index in [1.807, 2.05) is 56.8 Å². The summed E-state index contributed by atoms with van der Waals surface area (Å²) in [5, 5.41) is 5.45. The van der Waals surface area contributed by atoms with Gasteiger partial charge in [-0.15, -0.1) is 0 Å². The Bertz CT molecular complexity index is 1980. The van der Waals surface area contributed by atoms with Crippen molar-refractivity contribution in [3.63, 3.8) is 0 Å². The molecule has 4 amide bonds. The molecule has 296 valence electrons. The first-order chi connectivity index (χ1) is 26.9. The Morgan fingerprint density at radius 3 is 1.59 bits per heavy atom. The molecular formula is C44H54N6O6. The largest absolute Gasteiger partial charge is 0.453 e. The number of alkyl carbamates (subject to hydrolysis) is 2. The zero-order valence-corrected chi connectivity index (χ0v) is 33.5. The Balaban J connectivity index is 1.06. The molecular weight excluding hydrogens is 709 g/mol. The van der Waals surface area contributed by atoms with Crippen LogP contribution in [0.1, 0.15) is 77.8 Å². The highest BCUT2D eigenvalue weighted by molar-refractivity contribution is 6.05. The van der Waals surface area contributed by atoms with Crippen LogP contribution in [-0.4, -0.2) is 96.7 Å². The first-order valence-corrected chi connectivity index (χ1v) is 19.6. The maximum absolute atomic E-state index is 13.8. The fourth-order valence-electron chi connectivity index (χ4n) is 8.03. The van der Waals surface area contributed by atoms with E-state index in [9.17, 15) is 19.2 Å². The smallest absolute Gasteiger partial charge is 0.407 e. The number of hydrogen-bond donors (Lipinski definition) is 2. The molecule has 4 aliphatic heterocycles. The zero-order valence-electron chi connectivity index (χ0n) is 33.5. The van der Waals surface area contributed by atoms with Gasteiger partial charge in [-0.2, -0.15) is 0 Å². The van der Waals surface area contributed by atoms with E-state index >= 15 is 0 Å². The van der Waals surface area contributed by atoms with Gasteiger partial charge in [-0.1, -0.05) is 87.9 Å². The van der Waals surface area contributed by atoms with E-state index in [1.54, 1.807) is 0 Å². The van der Waals surface area contributed by atoms with Crippen LogP contribution in [0.3, 0.4) is 0 Å². The quantitative estimate of drug-likeness (QED) is 0.236. The molecule has 0 saturated carbocycles. The lowest BCUT2D eigenvalue weighted by atomic mass is 9.94. The van der Waals surface area contributed by atoms with Crippen LogP contribution >= 0.6 is 0 Å². The molecule has 4 heterocycles. The lowest BCUT2D eigenvalue weighted by molar-refractivity contribution is -0.134. The summed E-state index contributed by atoms with van der Waals surface area (Å²) in [4.78, 5) is 64.7. The van der Waals surface area contributed by atoms with E-state index in [1.165, 1.54) is 19.8 Å². The maximum Gasteiger partial charge on any atom is 0.407 e. The fourth-order valence-corrected chi connectivity index (χ4v) is 8.03. The van der Waals surface area contributed by atoms with E-state index in [2.05, 4.69) is 65.2 Å². The monoisotopic (exact) mass is 762 g/mol. The van der Waals surface area contributed by atoms with Crippen molar-refractivity contribution in [3.8, 4) is 11.1 Å². The van der Waals surface area contributed by atoms with Crippen molar-refractivity contribution >= 4 is 46.6 Å². The molecule has 2 aromatic rings. The number of nitrogens with zero attached hydrogens (tertiary/aromatic N) is 4. The molecule has 2 fully saturated rings. The maximum atomic E-state index is 13.8. The van der Waals surface area contributed by atoms with Crippen molar-refractivity contribution in [1.29, 1.82) is 0 Å². The van der Waals surface area contributed by atoms with Gasteiger partial charge in [-0.25, -0.2) is 9.59 Å². The van der Waals surface area contributed by atoms with Crippen LogP contribution in [0.5, 0.6) is 0 Å². The molecule has 12 heteroatoms. The number of carbonyl (C=O) groups is 4. The van der Waals surface area contributed by atoms with Crippen molar-refractivity contribution in [2.45, 2.75) is 90.9 Å². The van der Waals surface area contributed by atoms with E-state index in [-0.39, 0.29) is 35.7 Å². The van der Waals surface area contributed by atoms with Crippen molar-refractivity contribution in [1.82, 2.24) is 20.4 Å². The SMILES string of the molecule is CC=C1C[C@@H](C2=NC=C(c3ccc(-c4ccc(C5=CN=C([C@@H]6CCCN6C(=O)C(NC(=O)OC)C(C)C)C5)cc4)cc3)C2)N(C(=O)C(NC(=O)OC)C(C)C)C1. The Morgan fingerprint density at radius 1 is 0.696 bits per heavy atom. The number of aliphatic imine (C=N–C) groups is 2. The third kappa shape index (κ3) is 8.64. The zero-order chi connectivity index (χ0) is 40.1. The highest BCUT2D eigenvalue weighted by Gasteiger charge is 2.41. The molecule has 0 radical (unpaired) electrons. The molecule has 0 aliphatic carbocycles. The minimum absolute atomic E-state index is 0.0834. The molecule has 4 atom stereocenters. The summed E-state index contributed by atoms with van der Waals surface area (Å²) >= 11 is 0. The van der Waals surface area contributed by atoms with Crippen molar-refractivity contribution in [3.05, 3.63) is 83.7 Å². The molecule has 6 rings (SSSR count). The third-order valence-electron chi connectivity index (χ3n) is 11.3. The summed E-state index contributed by atoms with van der Waals surface area (Å²) in [6.07, 6.45) is 8.44. The van der Waals surface area contributed by atoms with Crippen LogP contribution < -0.4 is 10.6 Å². The van der Waals surface area contributed by atoms with Crippen LogP contribution in [0.4, 0.5) is 9.59 Å². The van der Waals surface area contributed by atoms with Gasteiger partial charge in [0.2, 0.25) is 11.8 Å². The lowest BCUT2D eigenvalue weighted by Gasteiger charge is -2.31. The van der Waals surface area contributed by atoms with E-state index in [0.717, 1.165) is 64.1 Å². The van der Waals surface area contributed by atoms with E-state index in [4.69, 9.17) is 19.5 Å². The van der Waals surface area contributed by atoms with Crippen LogP contribution in [0.15, 0.2) is 82.6 Å². The first-order valence-electron chi connectivity index (χ1n) is 19.6. The van der Waals surface area contributed by atoms with Crippen LogP contribution in [-0.2, 0) is 19.1 Å². The molecule has 0 bridgehead atoms. The predicted octanol–water partition coefficient (Wildman–Crippen LogP) is 7.02. The standard InChI is InChI=1S/C44H54N6O6/c1-8-28-20-38(50(25-28)42(52)40(27(4)5)48-44(54)56-7)36-22-34(24-46-36)32-17-13-30(14-18-32)29-11-15-31(16-12-29)33-21-35(45-23-33)37-10-9-19-49(37)41(51)39(26(2)3)47-43(53)55-6/h8,11-18,23-24,26-27,37-40H,9-10,19-22,25H2,1-7H3,(H,47,53)(H,48,54)/t37-,38-,39?,40?/m0/s1. The summed E-state index contributed by atoms with van der Waals surface area (Å²) in [5.74, 6) is -0.422. The number of ether oxygens (including phenoxy) is 2. The van der Waals surface area contributed by atoms with Gasteiger partial charge in [0.25, 0.3) is 0 Å². The molecule has 2 aromatic carbocycles. The number of hydrogen-bond acceptors (Lipinski definition) is 8. The normalized spacial score (nSPS) is 21.1. The number of amides is 4. The van der Waals surface area contributed by atoms with Crippen LogP contribution in [0.25, 0.3) is 22.3 Å². The summed E-state index contributed by atoms with van der Waals surface area (Å²) in [6.45, 7) is 10.8. The average molecular weight is 763 g/mol. The molecule has 0 spiro atoms. The summed E-state index contributed by atoms with van der Waals surface area (Å²) in [5.41, 5.74) is 9.68. The van der Waals surface area contributed by atoms with E-state index in [0.29, 0.717) is 25.9 Å². The highest BCUT2D eigenvalue weighted by atomic mass is 16.5. The molecule has 2 saturated heterocycles. The number of benzene rings is 2. The van der Waals surface area contributed by atoms with Crippen LogP contribution in [0, 0.1) is 11.8 Å². The van der Waals surface area contributed by atoms with Gasteiger partial charge in [0.15, 0.2) is 0 Å². The Hall–Kier alpha value is -5.52. The van der Waals surface area contributed by atoms with Crippen molar-refractivity contribution in [2.75, 3.05) is 27.3 Å². The second-order valence-corrected chi connectivity index (χ2v) is 15.6. The first kappa shape index (κ1) is 40.2. The third-order valence-corrected chi connectivity index (χ3v) is 11.3. The van der Waals surface area contributed by atoms with Gasteiger partial charge in [-0.3, -0.25) is 19.6 Å². The summed E-state index contributed by atoms with van der Waals surface area (Å²) in [6, 6.07) is 15.4. The average Bonchev–Trinajstić information content (AvgIpc) is 4.04. The summed E-state index contributed by atoms with van der Waals surface area (Å²) < 4.78 is 9.57. The van der Waals surface area contributed by atoms with Gasteiger partial charge in [0, 0.05) is 49.8 Å². The molecule has 12 nitrogen and oxygen atoms in total. The topological polar surface area (TPSA) is 142 Å². The minimum atomic E-state index is -0.695. The highest BCUT2D eigenvalue weighted by Crippen LogP contribution is 2.35. The molecule has 56 heavy (non-hydrogen) atoms. The number of nitrogens with one attached hydrogen (secondary N) is 2. The predicted molar refractivity (Wildman–Crippen MR) is 219 cm³/mol. The van der Waals surface area contributed by atoms with Crippen molar-refractivity contribution < 1.29 is 28.7 Å².